The van der Waals surface area contributed by atoms with E-state index in [1.54, 1.807) is 30.1 Å². The molecule has 0 saturated heterocycles. The van der Waals surface area contributed by atoms with Crippen molar-refractivity contribution in [1.82, 2.24) is 29.1 Å². The summed E-state index contributed by atoms with van der Waals surface area (Å²) >= 11 is 0. The molecule has 0 aliphatic rings. The predicted molar refractivity (Wildman–Crippen MR) is 142 cm³/mol. The number of ether oxygens (including phenoxy) is 1. The molecule has 1 aromatic carbocycles. The smallest absolute Gasteiger partial charge is 0.263 e. The fourth-order valence-electron chi connectivity index (χ4n) is 4.72. The Balaban J connectivity index is 1.62. The molecule has 0 radical (unpaired) electrons. The first-order valence-corrected chi connectivity index (χ1v) is 11.9. The maximum Gasteiger partial charge on any atom is 0.263 e. The van der Waals surface area contributed by atoms with E-state index >= 15 is 0 Å². The summed E-state index contributed by atoms with van der Waals surface area (Å²) in [6.07, 6.45) is 4.23. The van der Waals surface area contributed by atoms with Crippen LogP contribution in [0.4, 0.5) is 10.2 Å². The number of halogens is 1. The maximum atomic E-state index is 14.1. The van der Waals surface area contributed by atoms with Gasteiger partial charge in [-0.3, -0.25) is 9.20 Å². The van der Waals surface area contributed by atoms with E-state index in [2.05, 4.69) is 15.0 Å². The van der Waals surface area contributed by atoms with E-state index in [0.29, 0.717) is 50.4 Å². The summed E-state index contributed by atoms with van der Waals surface area (Å²) in [5.74, 6) is 0.245. The van der Waals surface area contributed by atoms with Gasteiger partial charge in [0.2, 0.25) is 5.88 Å². The van der Waals surface area contributed by atoms with Gasteiger partial charge in [-0.05, 0) is 42.3 Å². The van der Waals surface area contributed by atoms with E-state index in [0.717, 1.165) is 0 Å². The molecule has 1 atom stereocenters. The number of benzene rings is 1. The van der Waals surface area contributed by atoms with Crippen LogP contribution in [0.2, 0.25) is 0 Å². The number of fused-ring (bicyclic) bond motifs is 2. The van der Waals surface area contributed by atoms with Crippen LogP contribution in [0.25, 0.3) is 38.9 Å². The number of methoxy groups -OCH3 is 1. The zero-order valence-corrected chi connectivity index (χ0v) is 20.5. The SMILES string of the molecule is COc1ccc(-c2nn([C@@H](C)c3cc4ccc(F)cn4c(=O)c3-c3ccccc3)c3ncnc(N)c23)cn1. The fourth-order valence-corrected chi connectivity index (χ4v) is 4.72. The average Bonchev–Trinajstić information content (AvgIpc) is 3.34. The molecule has 0 saturated carbocycles. The van der Waals surface area contributed by atoms with Gasteiger partial charge in [-0.2, -0.15) is 5.10 Å². The molecule has 6 aromatic rings. The van der Waals surface area contributed by atoms with Crippen LogP contribution in [-0.2, 0) is 0 Å². The van der Waals surface area contributed by atoms with Crippen molar-refractivity contribution in [1.29, 1.82) is 0 Å². The van der Waals surface area contributed by atoms with E-state index in [-0.39, 0.29) is 11.4 Å². The summed E-state index contributed by atoms with van der Waals surface area (Å²) in [7, 11) is 1.55. The second-order valence-corrected chi connectivity index (χ2v) is 8.80. The van der Waals surface area contributed by atoms with E-state index in [9.17, 15) is 9.18 Å². The van der Waals surface area contributed by atoms with Gasteiger partial charge in [0.15, 0.2) is 5.65 Å². The van der Waals surface area contributed by atoms with Gasteiger partial charge in [0.25, 0.3) is 5.56 Å². The van der Waals surface area contributed by atoms with Crippen molar-refractivity contribution in [3.8, 4) is 28.3 Å². The molecule has 0 amide bonds. The highest BCUT2D eigenvalue weighted by atomic mass is 19.1. The fraction of sp³-hybridized carbons (Fsp3) is 0.107. The molecule has 6 rings (SSSR count). The Labute approximate surface area is 216 Å². The van der Waals surface area contributed by atoms with Gasteiger partial charge in [0, 0.05) is 29.5 Å². The third kappa shape index (κ3) is 3.74. The molecule has 5 aromatic heterocycles. The van der Waals surface area contributed by atoms with Crippen molar-refractivity contribution in [3.63, 3.8) is 0 Å². The highest BCUT2D eigenvalue weighted by Gasteiger charge is 2.25. The number of nitrogens with zero attached hydrogens (tertiary/aromatic N) is 6. The van der Waals surface area contributed by atoms with Crippen LogP contribution in [0.3, 0.4) is 0 Å². The molecule has 38 heavy (non-hydrogen) atoms. The number of hydrogen-bond acceptors (Lipinski definition) is 7. The van der Waals surface area contributed by atoms with Crippen LogP contribution < -0.4 is 16.0 Å². The van der Waals surface area contributed by atoms with Gasteiger partial charge in [0.1, 0.15) is 23.7 Å². The summed E-state index contributed by atoms with van der Waals surface area (Å²) in [6.45, 7) is 1.93. The lowest BCUT2D eigenvalue weighted by atomic mass is 9.96. The van der Waals surface area contributed by atoms with Gasteiger partial charge < -0.3 is 10.5 Å². The molecular weight excluding hydrogens is 485 g/mol. The lowest BCUT2D eigenvalue weighted by molar-refractivity contribution is 0.398. The summed E-state index contributed by atoms with van der Waals surface area (Å²) < 4.78 is 22.3. The van der Waals surface area contributed by atoms with E-state index < -0.39 is 11.9 Å². The zero-order valence-electron chi connectivity index (χ0n) is 20.5. The van der Waals surface area contributed by atoms with Crippen LogP contribution >= 0.6 is 0 Å². The lowest BCUT2D eigenvalue weighted by Gasteiger charge is -2.19. The third-order valence-corrected chi connectivity index (χ3v) is 6.59. The number of hydrogen-bond donors (Lipinski definition) is 1. The summed E-state index contributed by atoms with van der Waals surface area (Å²) in [5, 5.41) is 5.47. The Morgan fingerprint density at radius 2 is 1.82 bits per heavy atom. The van der Waals surface area contributed by atoms with Crippen LogP contribution in [0.5, 0.6) is 5.88 Å². The Morgan fingerprint density at radius 1 is 1.00 bits per heavy atom. The summed E-state index contributed by atoms with van der Waals surface area (Å²) in [4.78, 5) is 26.7. The van der Waals surface area contributed by atoms with Crippen LogP contribution in [-0.4, -0.2) is 36.2 Å². The van der Waals surface area contributed by atoms with Crippen LogP contribution in [0.15, 0.2) is 84.2 Å². The number of rotatable bonds is 5. The average molecular weight is 508 g/mol. The maximum absolute atomic E-state index is 14.1. The summed E-state index contributed by atoms with van der Waals surface area (Å²) in [5.41, 5.74) is 10.2. The van der Waals surface area contributed by atoms with Crippen molar-refractivity contribution in [3.05, 3.63) is 101 Å². The number of nitrogens with two attached hydrogens (primary N) is 1. The van der Waals surface area contributed by atoms with Crippen molar-refractivity contribution >= 4 is 22.4 Å². The normalized spacial score (nSPS) is 12.2. The van der Waals surface area contributed by atoms with Crippen molar-refractivity contribution in [2.24, 2.45) is 0 Å². The molecule has 0 aliphatic carbocycles. The Morgan fingerprint density at radius 3 is 2.55 bits per heavy atom. The molecule has 10 heteroatoms. The third-order valence-electron chi connectivity index (χ3n) is 6.59. The largest absolute Gasteiger partial charge is 0.481 e. The minimum Gasteiger partial charge on any atom is -0.481 e. The monoisotopic (exact) mass is 507 g/mol. The molecular formula is C28H22FN7O2. The minimum absolute atomic E-state index is 0.275. The van der Waals surface area contributed by atoms with Crippen LogP contribution in [0.1, 0.15) is 18.5 Å². The highest BCUT2D eigenvalue weighted by molar-refractivity contribution is 5.98. The molecule has 2 N–H and O–H groups in total. The van der Waals surface area contributed by atoms with Crippen molar-refractivity contribution < 1.29 is 9.13 Å². The first kappa shape index (κ1) is 23.3. The number of anilines is 1. The molecule has 0 aliphatic heterocycles. The molecule has 188 valence electrons. The number of pyridine rings is 3. The second-order valence-electron chi connectivity index (χ2n) is 8.80. The van der Waals surface area contributed by atoms with E-state index in [4.69, 9.17) is 15.6 Å². The van der Waals surface area contributed by atoms with E-state index in [1.165, 1.54) is 23.0 Å². The topological polar surface area (TPSA) is 113 Å². The van der Waals surface area contributed by atoms with Gasteiger partial charge in [-0.15, -0.1) is 0 Å². The van der Waals surface area contributed by atoms with Crippen LogP contribution in [0, 0.1) is 5.82 Å². The van der Waals surface area contributed by atoms with Gasteiger partial charge in [0.05, 0.1) is 24.1 Å². The zero-order chi connectivity index (χ0) is 26.4. The molecule has 5 heterocycles. The van der Waals surface area contributed by atoms with E-state index in [1.807, 2.05) is 49.4 Å². The Bertz CT molecular complexity index is 1870. The summed E-state index contributed by atoms with van der Waals surface area (Å²) in [6, 6.07) is 17.2. The molecule has 9 nitrogen and oxygen atoms in total. The second kappa shape index (κ2) is 9.07. The minimum atomic E-state index is -0.498. The first-order valence-electron chi connectivity index (χ1n) is 11.9. The lowest BCUT2D eigenvalue weighted by Crippen LogP contribution is -2.21. The van der Waals surface area contributed by atoms with Crippen molar-refractivity contribution in [2.75, 3.05) is 12.8 Å². The molecule has 0 bridgehead atoms. The first-order chi connectivity index (χ1) is 18.5. The highest BCUT2D eigenvalue weighted by Crippen LogP contribution is 2.35. The molecule has 0 unspecified atom stereocenters. The standard InChI is InChI=1S/C28H22FN7O2/c1-16(21-12-20-10-9-19(29)14-35(20)28(37)23(21)17-6-4-3-5-7-17)36-27-24(26(30)32-15-33-27)25(34-36)18-8-11-22(38-2)31-13-18/h3-16H,1-2H3,(H2,30,32,33)/t16-/m0/s1. The number of aromatic nitrogens is 6. The van der Waals surface area contributed by atoms with Crippen molar-refractivity contribution in [2.45, 2.75) is 13.0 Å². The Kier molecular flexibility index (Phi) is 5.56. The van der Waals surface area contributed by atoms with Gasteiger partial charge in [-0.25, -0.2) is 24.0 Å². The Hall–Kier alpha value is -5.12. The quantitative estimate of drug-likeness (QED) is 0.365. The molecule has 0 spiro atoms. The van der Waals surface area contributed by atoms with Gasteiger partial charge in [-0.1, -0.05) is 30.3 Å². The molecule has 0 fully saturated rings. The number of nitrogen functional groups attached to an aromatic ring is 1. The van der Waals surface area contributed by atoms with Gasteiger partial charge >= 0.3 is 0 Å². The predicted octanol–water partition coefficient (Wildman–Crippen LogP) is 4.51.